The summed E-state index contributed by atoms with van der Waals surface area (Å²) in [6.45, 7) is 2.61. The summed E-state index contributed by atoms with van der Waals surface area (Å²) in [7, 11) is 4.96. The van der Waals surface area contributed by atoms with Gasteiger partial charge in [0.15, 0.2) is 17.5 Å². The SMILES string of the molecule is CNC(=O)[C@H](C)[NH2+]C[C@H](c1cccc(OC)c1OC)c1c[nH]c2ccccc12. The Morgan fingerprint density at radius 3 is 2.61 bits per heavy atom. The smallest absolute Gasteiger partial charge is 0.277 e. The maximum Gasteiger partial charge on any atom is 0.277 e. The molecular formula is C22H28N3O3+. The molecule has 0 aliphatic carbocycles. The van der Waals surface area contributed by atoms with Crippen molar-refractivity contribution < 1.29 is 19.6 Å². The molecular weight excluding hydrogens is 354 g/mol. The second-order valence-corrected chi connectivity index (χ2v) is 6.80. The summed E-state index contributed by atoms with van der Waals surface area (Å²) in [5.74, 6) is 1.45. The molecule has 6 nitrogen and oxygen atoms in total. The van der Waals surface area contributed by atoms with Gasteiger partial charge in [-0.05, 0) is 24.6 Å². The molecule has 1 amide bonds. The number of fused-ring (bicyclic) bond motifs is 1. The van der Waals surface area contributed by atoms with Crippen LogP contribution in [0.15, 0.2) is 48.7 Å². The Labute approximate surface area is 165 Å². The van der Waals surface area contributed by atoms with E-state index >= 15 is 0 Å². The van der Waals surface area contributed by atoms with E-state index in [4.69, 9.17) is 9.47 Å². The topological polar surface area (TPSA) is 80.0 Å². The molecule has 4 N–H and O–H groups in total. The first-order chi connectivity index (χ1) is 13.6. The fourth-order valence-electron chi connectivity index (χ4n) is 3.67. The minimum Gasteiger partial charge on any atom is -0.493 e. The number of aromatic nitrogens is 1. The van der Waals surface area contributed by atoms with Crippen LogP contribution >= 0.6 is 0 Å². The van der Waals surface area contributed by atoms with Crippen molar-refractivity contribution in [2.75, 3.05) is 27.8 Å². The van der Waals surface area contributed by atoms with Crippen LogP contribution in [0.3, 0.4) is 0 Å². The van der Waals surface area contributed by atoms with Gasteiger partial charge in [0.1, 0.15) is 0 Å². The number of benzene rings is 2. The van der Waals surface area contributed by atoms with Crippen molar-refractivity contribution in [1.82, 2.24) is 10.3 Å². The Kier molecular flexibility index (Phi) is 6.21. The van der Waals surface area contributed by atoms with E-state index in [2.05, 4.69) is 33.8 Å². The summed E-state index contributed by atoms with van der Waals surface area (Å²) in [6, 6.07) is 14.0. The van der Waals surface area contributed by atoms with Crippen LogP contribution in [0.1, 0.15) is 24.0 Å². The zero-order valence-electron chi connectivity index (χ0n) is 16.8. The van der Waals surface area contributed by atoms with Gasteiger partial charge in [-0.2, -0.15) is 0 Å². The van der Waals surface area contributed by atoms with E-state index in [0.717, 1.165) is 16.8 Å². The van der Waals surface area contributed by atoms with Gasteiger partial charge in [0.25, 0.3) is 5.91 Å². The molecule has 0 unspecified atom stereocenters. The first-order valence-corrected chi connectivity index (χ1v) is 9.42. The summed E-state index contributed by atoms with van der Waals surface area (Å²) in [5, 5.41) is 5.94. The zero-order valence-corrected chi connectivity index (χ0v) is 16.8. The van der Waals surface area contributed by atoms with E-state index in [-0.39, 0.29) is 17.9 Å². The third-order valence-electron chi connectivity index (χ3n) is 5.19. The Hall–Kier alpha value is -2.99. The van der Waals surface area contributed by atoms with E-state index in [9.17, 15) is 4.79 Å². The summed E-state index contributed by atoms with van der Waals surface area (Å²) >= 11 is 0. The van der Waals surface area contributed by atoms with Gasteiger partial charge in [-0.15, -0.1) is 0 Å². The largest absolute Gasteiger partial charge is 0.493 e. The lowest BCUT2D eigenvalue weighted by atomic mass is 9.89. The van der Waals surface area contributed by atoms with Gasteiger partial charge < -0.3 is 25.1 Å². The van der Waals surface area contributed by atoms with Crippen LogP contribution in [0.25, 0.3) is 10.9 Å². The molecule has 0 bridgehead atoms. The molecule has 2 aromatic carbocycles. The van der Waals surface area contributed by atoms with Crippen LogP contribution in [0.4, 0.5) is 0 Å². The van der Waals surface area contributed by atoms with Crippen molar-refractivity contribution in [2.24, 2.45) is 0 Å². The maximum absolute atomic E-state index is 12.0. The summed E-state index contributed by atoms with van der Waals surface area (Å²) in [5.41, 5.74) is 3.29. The van der Waals surface area contributed by atoms with Crippen LogP contribution in [0.5, 0.6) is 11.5 Å². The molecule has 0 saturated heterocycles. The number of ether oxygens (including phenoxy) is 2. The molecule has 0 saturated carbocycles. The highest BCUT2D eigenvalue weighted by Gasteiger charge is 2.26. The van der Waals surface area contributed by atoms with E-state index < -0.39 is 0 Å². The van der Waals surface area contributed by atoms with Crippen LogP contribution < -0.4 is 20.1 Å². The summed E-state index contributed by atoms with van der Waals surface area (Å²) in [4.78, 5) is 15.4. The molecule has 0 aliphatic rings. The Morgan fingerprint density at radius 1 is 1.11 bits per heavy atom. The Morgan fingerprint density at radius 2 is 1.89 bits per heavy atom. The highest BCUT2D eigenvalue weighted by molar-refractivity contribution is 5.84. The summed E-state index contributed by atoms with van der Waals surface area (Å²) < 4.78 is 11.2. The van der Waals surface area contributed by atoms with Crippen LogP contribution in [-0.4, -0.2) is 44.7 Å². The molecule has 28 heavy (non-hydrogen) atoms. The number of quaternary nitrogens is 1. The molecule has 148 valence electrons. The number of nitrogens with two attached hydrogens (primary N) is 1. The Bertz CT molecular complexity index is 951. The van der Waals surface area contributed by atoms with Gasteiger partial charge >= 0.3 is 0 Å². The van der Waals surface area contributed by atoms with Gasteiger partial charge in [0, 0.05) is 29.7 Å². The molecule has 0 fully saturated rings. The lowest BCUT2D eigenvalue weighted by Gasteiger charge is -2.21. The molecule has 0 radical (unpaired) electrons. The first kappa shape index (κ1) is 19.8. The Balaban J connectivity index is 2.06. The molecule has 1 aromatic heterocycles. The van der Waals surface area contributed by atoms with Crippen molar-refractivity contribution in [3.63, 3.8) is 0 Å². The van der Waals surface area contributed by atoms with Crippen molar-refractivity contribution in [3.8, 4) is 11.5 Å². The van der Waals surface area contributed by atoms with Gasteiger partial charge in [0.05, 0.1) is 26.7 Å². The predicted octanol–water partition coefficient (Wildman–Crippen LogP) is 2.01. The van der Waals surface area contributed by atoms with E-state index in [1.54, 1.807) is 21.3 Å². The van der Waals surface area contributed by atoms with E-state index in [1.807, 2.05) is 37.4 Å². The van der Waals surface area contributed by atoms with Crippen molar-refractivity contribution in [1.29, 1.82) is 0 Å². The fraction of sp³-hybridized carbons (Fsp3) is 0.318. The number of rotatable bonds is 8. The van der Waals surface area contributed by atoms with Gasteiger partial charge in [-0.1, -0.05) is 30.3 Å². The molecule has 6 heteroatoms. The average Bonchev–Trinajstić information content (AvgIpc) is 3.16. The quantitative estimate of drug-likeness (QED) is 0.558. The lowest BCUT2D eigenvalue weighted by molar-refractivity contribution is -0.674. The predicted molar refractivity (Wildman–Crippen MR) is 110 cm³/mol. The number of nitrogens with one attached hydrogen (secondary N) is 2. The van der Waals surface area contributed by atoms with Crippen molar-refractivity contribution in [2.45, 2.75) is 18.9 Å². The van der Waals surface area contributed by atoms with Gasteiger partial charge in [0.2, 0.25) is 0 Å². The summed E-state index contributed by atoms with van der Waals surface area (Å²) in [6.07, 6.45) is 2.05. The molecule has 2 atom stereocenters. The zero-order chi connectivity index (χ0) is 20.1. The highest BCUT2D eigenvalue weighted by atomic mass is 16.5. The minimum absolute atomic E-state index is 0.00952. The van der Waals surface area contributed by atoms with Crippen LogP contribution in [0.2, 0.25) is 0 Å². The number of hydrogen-bond acceptors (Lipinski definition) is 3. The van der Waals surface area contributed by atoms with Crippen LogP contribution in [-0.2, 0) is 4.79 Å². The number of hydrogen-bond donors (Lipinski definition) is 3. The third-order valence-corrected chi connectivity index (χ3v) is 5.19. The monoisotopic (exact) mass is 382 g/mol. The van der Waals surface area contributed by atoms with Crippen LogP contribution in [0, 0.1) is 0 Å². The number of carbonyl (C=O) groups excluding carboxylic acids is 1. The van der Waals surface area contributed by atoms with Gasteiger partial charge in [-0.3, -0.25) is 4.79 Å². The number of aromatic amines is 1. The number of H-pyrrole nitrogens is 1. The second-order valence-electron chi connectivity index (χ2n) is 6.80. The minimum atomic E-state index is -0.186. The third kappa shape index (κ3) is 3.82. The highest BCUT2D eigenvalue weighted by Crippen LogP contribution is 2.39. The molecule has 3 rings (SSSR count). The second kappa shape index (κ2) is 8.80. The molecule has 1 heterocycles. The number of methoxy groups -OCH3 is 2. The van der Waals surface area contributed by atoms with E-state index in [1.165, 1.54) is 10.9 Å². The van der Waals surface area contributed by atoms with Gasteiger partial charge in [-0.25, -0.2) is 0 Å². The lowest BCUT2D eigenvalue weighted by Crippen LogP contribution is -2.92. The van der Waals surface area contributed by atoms with Crippen molar-refractivity contribution >= 4 is 16.8 Å². The molecule has 3 aromatic rings. The molecule has 0 aliphatic heterocycles. The number of amides is 1. The standard InChI is InChI=1S/C22H27N3O3/c1-14(22(26)23-2)24-12-18(16-9-7-11-20(27-3)21(16)28-4)17-13-25-19-10-6-5-8-15(17)19/h5-11,13-14,18,24-25H,12H2,1-4H3,(H,23,26)/p+1/t14-,18+/m0/s1. The first-order valence-electron chi connectivity index (χ1n) is 9.42. The number of likely N-dealkylation sites (N-methyl/N-ethyl adjacent to an activating group) is 1. The van der Waals surface area contributed by atoms with Crippen molar-refractivity contribution in [3.05, 3.63) is 59.8 Å². The molecule has 0 spiro atoms. The number of para-hydroxylation sites is 2. The van der Waals surface area contributed by atoms with E-state index in [0.29, 0.717) is 12.3 Å². The fourth-order valence-corrected chi connectivity index (χ4v) is 3.67. The maximum atomic E-state index is 12.0. The normalized spacial score (nSPS) is 13.1. The number of carbonyl (C=O) groups is 1. The average molecular weight is 382 g/mol.